The number of halogens is 5. The van der Waals surface area contributed by atoms with Gasteiger partial charge in [0.2, 0.25) is 0 Å². The van der Waals surface area contributed by atoms with E-state index in [0.717, 1.165) is 24.2 Å². The number of imidazole rings is 1. The Labute approximate surface area is 211 Å². The maximum atomic E-state index is 15.5. The molecule has 1 aliphatic rings. The molecule has 0 saturated carbocycles. The average Bonchev–Trinajstić information content (AvgIpc) is 3.17. The van der Waals surface area contributed by atoms with Crippen LogP contribution in [0.2, 0.25) is 0 Å². The number of morpholine rings is 1. The van der Waals surface area contributed by atoms with Gasteiger partial charge in [-0.1, -0.05) is 6.92 Å². The number of fused-ring (bicyclic) bond motifs is 1. The zero-order valence-electron chi connectivity index (χ0n) is 20.7. The molecule has 1 saturated heterocycles. The monoisotopic (exact) mass is 521 g/mol. The Morgan fingerprint density at radius 2 is 2.00 bits per heavy atom. The number of hydrogen-bond donors (Lipinski definition) is 2. The predicted octanol–water partition coefficient (Wildman–Crippen LogP) is 4.94. The first kappa shape index (κ1) is 26.7. The van der Waals surface area contributed by atoms with Crippen LogP contribution in [0.4, 0.5) is 22.0 Å². The summed E-state index contributed by atoms with van der Waals surface area (Å²) < 4.78 is 78.7. The van der Waals surface area contributed by atoms with Gasteiger partial charge in [-0.15, -0.1) is 0 Å². The van der Waals surface area contributed by atoms with E-state index < -0.39 is 23.5 Å². The normalized spacial score (nSPS) is 17.5. The van der Waals surface area contributed by atoms with Crippen LogP contribution in [0, 0.1) is 18.6 Å². The van der Waals surface area contributed by atoms with Gasteiger partial charge in [0, 0.05) is 50.2 Å². The number of aryl methyl sites for hydroxylation is 1. The molecule has 2 aromatic heterocycles. The van der Waals surface area contributed by atoms with E-state index >= 15 is 8.78 Å². The van der Waals surface area contributed by atoms with E-state index in [9.17, 15) is 13.2 Å². The lowest BCUT2D eigenvalue weighted by atomic mass is 10.00. The van der Waals surface area contributed by atoms with Gasteiger partial charge < -0.3 is 19.8 Å². The number of ether oxygens (including phenoxy) is 1. The van der Waals surface area contributed by atoms with Crippen molar-refractivity contribution in [2.45, 2.75) is 39.0 Å². The lowest BCUT2D eigenvalue weighted by Crippen LogP contribution is -2.39. The van der Waals surface area contributed by atoms with Crippen LogP contribution in [-0.4, -0.2) is 54.1 Å². The summed E-state index contributed by atoms with van der Waals surface area (Å²) >= 11 is 0. The molecule has 1 atom stereocenters. The number of nitrogens with zero attached hydrogens (tertiary/aromatic N) is 3. The molecule has 0 spiro atoms. The molecule has 1 aromatic carbocycles. The number of rotatable bonds is 7. The molecule has 198 valence electrons. The van der Waals surface area contributed by atoms with Crippen LogP contribution in [0.25, 0.3) is 16.9 Å². The van der Waals surface area contributed by atoms with Gasteiger partial charge in [0.1, 0.15) is 17.3 Å². The molecule has 0 aliphatic carbocycles. The predicted molar refractivity (Wildman–Crippen MR) is 132 cm³/mol. The van der Waals surface area contributed by atoms with Crippen LogP contribution < -0.4 is 10.6 Å². The fourth-order valence-corrected chi connectivity index (χ4v) is 4.33. The van der Waals surface area contributed by atoms with Crippen molar-refractivity contribution in [3.63, 3.8) is 0 Å². The molecule has 0 unspecified atom stereocenters. The number of alkyl halides is 3. The molecule has 0 radical (unpaired) electrons. The molecule has 0 amide bonds. The van der Waals surface area contributed by atoms with Gasteiger partial charge in [-0.3, -0.25) is 0 Å². The summed E-state index contributed by atoms with van der Waals surface area (Å²) in [4.78, 5) is 8.20. The lowest BCUT2D eigenvalue weighted by molar-refractivity contribution is -0.0926. The highest BCUT2D eigenvalue weighted by Crippen LogP contribution is 2.33. The quantitative estimate of drug-likeness (QED) is 0.342. The molecule has 1 aliphatic heterocycles. The smallest absolute Gasteiger partial charge is 0.392 e. The van der Waals surface area contributed by atoms with Crippen molar-refractivity contribution in [1.82, 2.24) is 20.0 Å². The van der Waals surface area contributed by atoms with E-state index in [1.54, 1.807) is 17.5 Å². The van der Waals surface area contributed by atoms with Crippen LogP contribution in [0.15, 0.2) is 47.4 Å². The van der Waals surface area contributed by atoms with Crippen molar-refractivity contribution in [3.8, 4) is 11.3 Å². The van der Waals surface area contributed by atoms with Crippen LogP contribution in [0.3, 0.4) is 0 Å². The minimum absolute atomic E-state index is 0.0280. The fourth-order valence-electron chi connectivity index (χ4n) is 4.33. The number of allylic oxidation sites excluding steroid dienone is 1. The van der Waals surface area contributed by atoms with E-state index in [4.69, 9.17) is 4.74 Å². The number of aliphatic imine (C=N–C) groups is 1. The number of hydrogen-bond acceptors (Lipinski definition) is 5. The number of nitrogens with one attached hydrogen (secondary N) is 2. The topological polar surface area (TPSA) is 63.0 Å². The minimum atomic E-state index is -4.74. The fraction of sp³-hybridized carbons (Fsp3) is 0.385. The Morgan fingerprint density at radius 1 is 1.27 bits per heavy atom. The van der Waals surface area contributed by atoms with E-state index in [0.29, 0.717) is 37.1 Å². The molecular formula is C26H28F5N5O. The lowest BCUT2D eigenvalue weighted by Gasteiger charge is -2.24. The summed E-state index contributed by atoms with van der Waals surface area (Å²) in [5, 5.41) is 5.55. The summed E-state index contributed by atoms with van der Waals surface area (Å²) in [5.41, 5.74) is 0.444. The standard InChI is InChI=1S/C26H28F5N5O/c1-4-20(34-22(14-32-3)26(29,30)31)16-10-18(27)24(19(28)11-16)25-21(12-17-13-33-6-8-37-17)36-7-5-15(2)9-23(36)35-25/h5,7,9-11,14,17,32-33H,4,6,8,12-13H2,1-3H3/b22-14-,34-20+/t17-/m0/s1. The number of pyridine rings is 1. The Balaban J connectivity index is 1.82. The molecule has 6 nitrogen and oxygen atoms in total. The second-order valence-electron chi connectivity index (χ2n) is 8.78. The van der Waals surface area contributed by atoms with E-state index in [2.05, 4.69) is 20.6 Å². The molecule has 0 bridgehead atoms. The van der Waals surface area contributed by atoms with Crippen LogP contribution >= 0.6 is 0 Å². The summed E-state index contributed by atoms with van der Waals surface area (Å²) in [7, 11) is 1.31. The van der Waals surface area contributed by atoms with Gasteiger partial charge in [-0.05, 0) is 43.2 Å². The minimum Gasteiger partial charge on any atom is -0.392 e. The molecule has 3 aromatic rings. The van der Waals surface area contributed by atoms with Crippen molar-refractivity contribution in [2.75, 3.05) is 26.7 Å². The first-order valence-corrected chi connectivity index (χ1v) is 11.9. The summed E-state index contributed by atoms with van der Waals surface area (Å²) in [6.07, 6.45) is -2.06. The second kappa shape index (κ2) is 11.0. The highest BCUT2D eigenvalue weighted by molar-refractivity contribution is 6.01. The third-order valence-corrected chi connectivity index (χ3v) is 6.08. The van der Waals surface area contributed by atoms with Gasteiger partial charge in [0.25, 0.3) is 0 Å². The SMILES string of the molecule is CC/C(=N\C(=C/NC)C(F)(F)F)c1cc(F)c(-c2nc3cc(C)ccn3c2C[C@H]2CNCCO2)c(F)c1. The van der Waals surface area contributed by atoms with Crippen molar-refractivity contribution >= 4 is 11.4 Å². The summed E-state index contributed by atoms with van der Waals surface area (Å²) in [6.45, 7) is 5.29. The third kappa shape index (κ3) is 5.83. The zero-order chi connectivity index (χ0) is 26.7. The van der Waals surface area contributed by atoms with Crippen molar-refractivity contribution in [3.05, 3.63) is 70.8 Å². The Kier molecular flexibility index (Phi) is 7.93. The van der Waals surface area contributed by atoms with Gasteiger partial charge in [0.15, 0.2) is 5.70 Å². The molecule has 4 rings (SSSR count). The first-order chi connectivity index (χ1) is 17.6. The molecule has 1 fully saturated rings. The molecule has 3 heterocycles. The van der Waals surface area contributed by atoms with Crippen molar-refractivity contribution < 1.29 is 26.7 Å². The van der Waals surface area contributed by atoms with E-state index in [-0.39, 0.29) is 35.1 Å². The van der Waals surface area contributed by atoms with Crippen molar-refractivity contribution in [1.29, 1.82) is 0 Å². The second-order valence-corrected chi connectivity index (χ2v) is 8.78. The highest BCUT2D eigenvalue weighted by Gasteiger charge is 2.34. The van der Waals surface area contributed by atoms with Gasteiger partial charge in [0.05, 0.1) is 29.7 Å². The van der Waals surface area contributed by atoms with Crippen LogP contribution in [-0.2, 0) is 11.2 Å². The first-order valence-electron chi connectivity index (χ1n) is 11.9. The van der Waals surface area contributed by atoms with Gasteiger partial charge in [-0.25, -0.2) is 18.8 Å². The van der Waals surface area contributed by atoms with Gasteiger partial charge in [-0.2, -0.15) is 13.2 Å². The largest absolute Gasteiger partial charge is 0.434 e. The molecular weight excluding hydrogens is 493 g/mol. The van der Waals surface area contributed by atoms with Crippen LogP contribution in [0.5, 0.6) is 0 Å². The number of benzene rings is 1. The highest BCUT2D eigenvalue weighted by atomic mass is 19.4. The third-order valence-electron chi connectivity index (χ3n) is 6.08. The maximum Gasteiger partial charge on any atom is 0.434 e. The van der Waals surface area contributed by atoms with E-state index in [1.165, 1.54) is 7.05 Å². The molecule has 37 heavy (non-hydrogen) atoms. The Morgan fingerprint density at radius 3 is 2.59 bits per heavy atom. The zero-order valence-corrected chi connectivity index (χ0v) is 20.7. The average molecular weight is 522 g/mol. The van der Waals surface area contributed by atoms with Gasteiger partial charge >= 0.3 is 6.18 Å². The van der Waals surface area contributed by atoms with Crippen LogP contribution in [0.1, 0.15) is 30.2 Å². The van der Waals surface area contributed by atoms with Crippen molar-refractivity contribution in [2.24, 2.45) is 4.99 Å². The Bertz CT molecular complexity index is 1320. The summed E-state index contributed by atoms with van der Waals surface area (Å²) in [5.74, 6) is -1.88. The van der Waals surface area contributed by atoms with E-state index in [1.807, 2.05) is 19.1 Å². The molecule has 11 heteroatoms. The number of aromatic nitrogens is 2. The summed E-state index contributed by atoms with van der Waals surface area (Å²) in [6, 6.07) is 5.70. The molecule has 2 N–H and O–H groups in total. The maximum absolute atomic E-state index is 15.5. The Hall–Kier alpha value is -3.31.